The second-order valence-corrected chi connectivity index (χ2v) is 5.60. The molecule has 0 spiro atoms. The van der Waals surface area contributed by atoms with Gasteiger partial charge in [0.2, 0.25) is 0 Å². The Morgan fingerprint density at radius 2 is 1.95 bits per heavy atom. The van der Waals surface area contributed by atoms with Crippen molar-refractivity contribution in [1.29, 1.82) is 0 Å². The summed E-state index contributed by atoms with van der Waals surface area (Å²) in [4.78, 5) is 4.64. The number of nitrogens with two attached hydrogens (primary N) is 1. The smallest absolute Gasteiger partial charge is 0.156 e. The minimum atomic E-state index is 0.208. The summed E-state index contributed by atoms with van der Waals surface area (Å²) in [5.41, 5.74) is 10.7. The minimum Gasteiger partial charge on any atom is -0.327 e. The molecule has 0 amide bonds. The molecule has 2 aromatic heterocycles. The molecular formula is C17H26N4. The Bertz CT molecular complexity index is 601. The number of rotatable bonds is 6. The van der Waals surface area contributed by atoms with Gasteiger partial charge in [-0.1, -0.05) is 26.8 Å². The van der Waals surface area contributed by atoms with E-state index in [0.29, 0.717) is 0 Å². The van der Waals surface area contributed by atoms with Gasteiger partial charge in [0.15, 0.2) is 5.82 Å². The maximum absolute atomic E-state index is 6.03. The molecule has 2 heterocycles. The van der Waals surface area contributed by atoms with Gasteiger partial charge >= 0.3 is 0 Å². The van der Waals surface area contributed by atoms with Crippen LogP contribution in [0, 0.1) is 6.92 Å². The predicted octanol–water partition coefficient (Wildman–Crippen LogP) is 2.98. The molecule has 114 valence electrons. The van der Waals surface area contributed by atoms with Crippen LogP contribution in [-0.4, -0.2) is 20.8 Å². The summed E-state index contributed by atoms with van der Waals surface area (Å²) >= 11 is 0. The van der Waals surface area contributed by atoms with Crippen molar-refractivity contribution in [2.75, 3.05) is 0 Å². The van der Waals surface area contributed by atoms with E-state index in [1.165, 1.54) is 11.3 Å². The van der Waals surface area contributed by atoms with Crippen molar-refractivity contribution in [2.45, 2.75) is 59.4 Å². The summed E-state index contributed by atoms with van der Waals surface area (Å²) in [6, 6.07) is 4.56. The summed E-state index contributed by atoms with van der Waals surface area (Å²) in [7, 11) is 0. The van der Waals surface area contributed by atoms with Gasteiger partial charge in [0.25, 0.3) is 0 Å². The fourth-order valence-electron chi connectivity index (χ4n) is 2.49. The van der Waals surface area contributed by atoms with Crippen LogP contribution in [0.3, 0.4) is 0 Å². The predicted molar refractivity (Wildman–Crippen MR) is 86.8 cm³/mol. The van der Waals surface area contributed by atoms with Gasteiger partial charge in [0.05, 0.1) is 5.69 Å². The maximum atomic E-state index is 6.03. The molecule has 0 aliphatic carbocycles. The Morgan fingerprint density at radius 3 is 2.52 bits per heavy atom. The molecule has 21 heavy (non-hydrogen) atoms. The summed E-state index contributed by atoms with van der Waals surface area (Å²) < 4.78 is 1.98. The third-order valence-electron chi connectivity index (χ3n) is 3.89. The molecule has 0 saturated carbocycles. The second-order valence-electron chi connectivity index (χ2n) is 5.60. The van der Waals surface area contributed by atoms with Gasteiger partial charge in [0.1, 0.15) is 0 Å². The number of hydrogen-bond acceptors (Lipinski definition) is 3. The summed E-state index contributed by atoms with van der Waals surface area (Å²) in [5.74, 6) is 0.931. The van der Waals surface area contributed by atoms with Crippen molar-refractivity contribution < 1.29 is 0 Å². The van der Waals surface area contributed by atoms with Crippen LogP contribution in [0.5, 0.6) is 0 Å². The average molecular weight is 286 g/mol. The molecule has 1 atom stereocenters. The minimum absolute atomic E-state index is 0.208. The standard InChI is InChI=1S/C17H26N4/c1-5-14(18)9-13-8-12(4)17(19-11-13)21-16(7-3)10-15(6-2)20-21/h8,10-11,14H,5-7,9,18H2,1-4H3. The SMILES string of the molecule is CCc1cc(CC)n(-c2ncc(CC(N)CC)cc2C)n1. The number of aryl methyl sites for hydroxylation is 3. The van der Waals surface area contributed by atoms with Gasteiger partial charge in [-0.25, -0.2) is 9.67 Å². The van der Waals surface area contributed by atoms with Gasteiger partial charge < -0.3 is 5.73 Å². The molecule has 0 aliphatic rings. The monoisotopic (exact) mass is 286 g/mol. The van der Waals surface area contributed by atoms with E-state index in [1.54, 1.807) is 0 Å². The van der Waals surface area contributed by atoms with E-state index < -0.39 is 0 Å². The summed E-state index contributed by atoms with van der Waals surface area (Å²) in [6.45, 7) is 8.48. The van der Waals surface area contributed by atoms with E-state index in [9.17, 15) is 0 Å². The molecule has 0 radical (unpaired) electrons. The molecule has 2 aromatic rings. The van der Waals surface area contributed by atoms with Gasteiger partial charge in [-0.15, -0.1) is 0 Å². The van der Waals surface area contributed by atoms with Crippen LogP contribution < -0.4 is 5.73 Å². The van der Waals surface area contributed by atoms with Gasteiger partial charge in [-0.3, -0.25) is 0 Å². The lowest BCUT2D eigenvalue weighted by molar-refractivity contribution is 0.644. The second kappa shape index (κ2) is 6.85. The number of aromatic nitrogens is 3. The average Bonchev–Trinajstić information content (AvgIpc) is 2.90. The molecular weight excluding hydrogens is 260 g/mol. The Morgan fingerprint density at radius 1 is 1.19 bits per heavy atom. The largest absolute Gasteiger partial charge is 0.327 e. The summed E-state index contributed by atoms with van der Waals surface area (Å²) in [6.07, 6.45) is 5.70. The van der Waals surface area contributed by atoms with E-state index in [1.807, 2.05) is 10.9 Å². The zero-order chi connectivity index (χ0) is 15.4. The molecule has 0 saturated heterocycles. The van der Waals surface area contributed by atoms with Crippen molar-refractivity contribution >= 4 is 0 Å². The zero-order valence-corrected chi connectivity index (χ0v) is 13.6. The first-order valence-corrected chi connectivity index (χ1v) is 7.88. The van der Waals surface area contributed by atoms with Crippen molar-refractivity contribution in [3.05, 3.63) is 40.8 Å². The molecule has 0 aromatic carbocycles. The fraction of sp³-hybridized carbons (Fsp3) is 0.529. The van der Waals surface area contributed by atoms with E-state index in [-0.39, 0.29) is 6.04 Å². The van der Waals surface area contributed by atoms with Crippen LogP contribution in [0.25, 0.3) is 5.82 Å². The van der Waals surface area contributed by atoms with E-state index in [2.05, 4.69) is 49.9 Å². The lowest BCUT2D eigenvalue weighted by atomic mass is 10.1. The topological polar surface area (TPSA) is 56.7 Å². The Labute approximate surface area is 127 Å². The third kappa shape index (κ3) is 3.50. The number of nitrogens with zero attached hydrogens (tertiary/aromatic N) is 3. The van der Waals surface area contributed by atoms with Gasteiger partial charge in [-0.2, -0.15) is 5.10 Å². The first-order valence-electron chi connectivity index (χ1n) is 7.88. The molecule has 1 unspecified atom stereocenters. The summed E-state index contributed by atoms with van der Waals surface area (Å²) in [5, 5.41) is 4.67. The molecule has 2 rings (SSSR count). The van der Waals surface area contributed by atoms with Crippen molar-refractivity contribution in [1.82, 2.24) is 14.8 Å². The Hall–Kier alpha value is -1.68. The highest BCUT2D eigenvalue weighted by atomic mass is 15.3. The van der Waals surface area contributed by atoms with Crippen LogP contribution >= 0.6 is 0 Å². The molecule has 2 N–H and O–H groups in total. The van der Waals surface area contributed by atoms with Gasteiger partial charge in [-0.05, 0) is 49.8 Å². The lowest BCUT2D eigenvalue weighted by Crippen LogP contribution is -2.21. The first-order chi connectivity index (χ1) is 10.1. The fourth-order valence-corrected chi connectivity index (χ4v) is 2.49. The van der Waals surface area contributed by atoms with E-state index in [0.717, 1.165) is 42.8 Å². The highest BCUT2D eigenvalue weighted by Crippen LogP contribution is 2.17. The molecule has 0 aliphatic heterocycles. The van der Waals surface area contributed by atoms with Crippen molar-refractivity contribution in [3.63, 3.8) is 0 Å². The van der Waals surface area contributed by atoms with Crippen LogP contribution in [0.1, 0.15) is 49.7 Å². The van der Waals surface area contributed by atoms with Crippen molar-refractivity contribution in [2.24, 2.45) is 5.73 Å². The third-order valence-corrected chi connectivity index (χ3v) is 3.89. The lowest BCUT2D eigenvalue weighted by Gasteiger charge is -2.12. The van der Waals surface area contributed by atoms with Gasteiger partial charge in [0, 0.05) is 17.9 Å². The highest BCUT2D eigenvalue weighted by molar-refractivity contribution is 5.37. The first kappa shape index (κ1) is 15.7. The number of pyridine rings is 1. The Kier molecular flexibility index (Phi) is 5.12. The van der Waals surface area contributed by atoms with Crippen LogP contribution in [0.15, 0.2) is 18.3 Å². The highest BCUT2D eigenvalue weighted by Gasteiger charge is 2.12. The normalized spacial score (nSPS) is 12.6. The van der Waals surface area contributed by atoms with Crippen LogP contribution in [0.4, 0.5) is 0 Å². The van der Waals surface area contributed by atoms with E-state index in [4.69, 9.17) is 5.73 Å². The maximum Gasteiger partial charge on any atom is 0.156 e. The molecule has 0 fully saturated rings. The van der Waals surface area contributed by atoms with Crippen LogP contribution in [-0.2, 0) is 19.3 Å². The number of hydrogen-bond donors (Lipinski definition) is 1. The quantitative estimate of drug-likeness (QED) is 0.888. The van der Waals surface area contributed by atoms with E-state index >= 15 is 0 Å². The zero-order valence-electron chi connectivity index (χ0n) is 13.6. The Balaban J connectivity index is 2.34. The van der Waals surface area contributed by atoms with Crippen LogP contribution in [0.2, 0.25) is 0 Å². The molecule has 0 bridgehead atoms. The van der Waals surface area contributed by atoms with Crippen molar-refractivity contribution in [3.8, 4) is 5.82 Å². The molecule has 4 nitrogen and oxygen atoms in total. The molecule has 4 heteroatoms.